The van der Waals surface area contributed by atoms with Gasteiger partial charge >= 0.3 is 0 Å². The second-order valence-electron chi connectivity index (χ2n) is 8.77. The molecule has 5 nitrogen and oxygen atoms in total. The van der Waals surface area contributed by atoms with Crippen LogP contribution in [0.2, 0.25) is 0 Å². The van der Waals surface area contributed by atoms with E-state index in [1.165, 1.54) is 34.5 Å². The third-order valence-corrected chi connectivity index (χ3v) is 7.89. The van der Waals surface area contributed by atoms with E-state index in [9.17, 15) is 4.79 Å². The molecule has 2 aliphatic heterocycles. The molecule has 2 unspecified atom stereocenters. The molecule has 1 saturated carbocycles. The van der Waals surface area contributed by atoms with E-state index < -0.39 is 0 Å². The van der Waals surface area contributed by atoms with Crippen molar-refractivity contribution in [1.82, 2.24) is 10.6 Å². The summed E-state index contributed by atoms with van der Waals surface area (Å²) in [6, 6.07) is 11.5. The highest BCUT2D eigenvalue weighted by Crippen LogP contribution is 2.35. The summed E-state index contributed by atoms with van der Waals surface area (Å²) in [6.07, 6.45) is 5.45. The summed E-state index contributed by atoms with van der Waals surface area (Å²) in [5, 5.41) is 8.87. The minimum absolute atomic E-state index is 0.0161. The van der Waals surface area contributed by atoms with E-state index in [4.69, 9.17) is 5.73 Å². The second kappa shape index (κ2) is 8.09. The third kappa shape index (κ3) is 3.93. The summed E-state index contributed by atoms with van der Waals surface area (Å²) in [7, 11) is 0. The highest BCUT2D eigenvalue weighted by atomic mass is 32.1. The van der Waals surface area contributed by atoms with Crippen molar-refractivity contribution in [1.29, 1.82) is 0 Å². The summed E-state index contributed by atoms with van der Waals surface area (Å²) in [5.74, 6) is 0.634. The summed E-state index contributed by atoms with van der Waals surface area (Å²) in [5.41, 5.74) is 9.94. The fourth-order valence-electron chi connectivity index (χ4n) is 5.23. The zero-order valence-electron chi connectivity index (χ0n) is 16.8. The van der Waals surface area contributed by atoms with Crippen LogP contribution >= 0.6 is 11.3 Å². The maximum atomic E-state index is 12.7. The minimum atomic E-state index is -0.0220. The number of nitrogens with zero attached hydrogens (tertiary/aromatic N) is 1. The largest absolute Gasteiger partial charge is 0.367 e. The van der Waals surface area contributed by atoms with Gasteiger partial charge in [0.25, 0.3) is 0 Å². The molecule has 0 spiro atoms. The molecule has 1 aromatic carbocycles. The van der Waals surface area contributed by atoms with Crippen LogP contribution in [0, 0.1) is 5.92 Å². The van der Waals surface area contributed by atoms with Crippen LogP contribution in [0.15, 0.2) is 35.7 Å². The van der Waals surface area contributed by atoms with Crippen LogP contribution in [0.5, 0.6) is 0 Å². The number of nitrogens with one attached hydrogen (secondary N) is 2. The summed E-state index contributed by atoms with van der Waals surface area (Å²) in [6.45, 7) is 2.53. The molecule has 6 heteroatoms. The highest BCUT2D eigenvalue weighted by Gasteiger charge is 2.42. The van der Waals surface area contributed by atoms with Crippen LogP contribution in [-0.2, 0) is 24.2 Å². The quantitative estimate of drug-likeness (QED) is 0.684. The number of carbonyl (C=O) groups is 1. The van der Waals surface area contributed by atoms with Gasteiger partial charge in [0.15, 0.2) is 0 Å². The van der Waals surface area contributed by atoms with Crippen LogP contribution in [-0.4, -0.2) is 37.1 Å². The first kappa shape index (κ1) is 19.1. The number of piperidine rings is 1. The molecular weight excluding hydrogens is 380 g/mol. The molecule has 2 bridgehead atoms. The van der Waals surface area contributed by atoms with Crippen LogP contribution in [0.3, 0.4) is 0 Å². The maximum Gasteiger partial charge on any atom is 0.237 e. The second-order valence-corrected chi connectivity index (χ2v) is 9.77. The van der Waals surface area contributed by atoms with Gasteiger partial charge in [-0.3, -0.25) is 4.79 Å². The number of amides is 1. The summed E-state index contributed by atoms with van der Waals surface area (Å²) >= 11 is 1.87. The molecule has 5 rings (SSSR count). The topological polar surface area (TPSA) is 70.4 Å². The lowest BCUT2D eigenvalue weighted by Crippen LogP contribution is -2.52. The van der Waals surface area contributed by atoms with Crippen LogP contribution < -0.4 is 21.3 Å². The van der Waals surface area contributed by atoms with Gasteiger partial charge in [0.05, 0.1) is 6.04 Å². The molecule has 3 aliphatic rings. The molecular formula is C23H30N4OS. The van der Waals surface area contributed by atoms with Crippen LogP contribution in [0.1, 0.15) is 35.3 Å². The van der Waals surface area contributed by atoms with Crippen molar-refractivity contribution >= 4 is 22.9 Å². The third-order valence-electron chi connectivity index (χ3n) is 6.86. The molecule has 1 saturated heterocycles. The van der Waals surface area contributed by atoms with Crippen molar-refractivity contribution in [3.05, 3.63) is 51.7 Å². The Morgan fingerprint density at radius 3 is 2.86 bits per heavy atom. The molecule has 4 atom stereocenters. The van der Waals surface area contributed by atoms with Crippen LogP contribution in [0.25, 0.3) is 0 Å². The standard InChI is InChI=1S/C23H30N4OS/c24-13-19(26-23(28)22-16-3-4-18(12-16)25-22)11-15-1-5-20(6-2-15)27-9-7-21-17(14-27)8-10-29-21/h1-2,5-6,8,10,16,18-19,22,25H,3-4,7,9,11-14,24H2,(H,26,28)/t16?,18?,19-,22-/m0/s1. The average molecular weight is 411 g/mol. The predicted molar refractivity (Wildman–Crippen MR) is 118 cm³/mol. The molecule has 0 radical (unpaired) electrons. The Labute approximate surface area is 176 Å². The molecule has 29 heavy (non-hydrogen) atoms. The van der Waals surface area contributed by atoms with Gasteiger partial charge in [-0.25, -0.2) is 0 Å². The van der Waals surface area contributed by atoms with Crippen molar-refractivity contribution in [2.45, 2.75) is 56.8 Å². The normalized spacial score (nSPS) is 26.4. The van der Waals surface area contributed by atoms with E-state index in [0.29, 0.717) is 18.5 Å². The summed E-state index contributed by atoms with van der Waals surface area (Å²) in [4.78, 5) is 16.7. The van der Waals surface area contributed by atoms with Crippen molar-refractivity contribution in [2.24, 2.45) is 11.7 Å². The summed E-state index contributed by atoms with van der Waals surface area (Å²) < 4.78 is 0. The monoisotopic (exact) mass is 410 g/mol. The van der Waals surface area contributed by atoms with Gasteiger partial charge in [-0.15, -0.1) is 11.3 Å². The number of thiophene rings is 1. The van der Waals surface area contributed by atoms with E-state index in [1.807, 2.05) is 11.3 Å². The smallest absolute Gasteiger partial charge is 0.237 e. The number of rotatable bonds is 6. The van der Waals surface area contributed by atoms with Gasteiger partial charge in [0.2, 0.25) is 5.91 Å². The lowest BCUT2D eigenvalue weighted by atomic mass is 9.98. The number of hydrogen-bond donors (Lipinski definition) is 3. The Morgan fingerprint density at radius 1 is 1.28 bits per heavy atom. The Balaban J connectivity index is 1.18. The SMILES string of the molecule is NC[C@H](Cc1ccc(N2CCc3sccc3C2)cc1)NC(=O)[C@H]1NC2CCC1C2. The molecule has 1 aliphatic carbocycles. The van der Waals surface area contributed by atoms with Gasteiger partial charge in [-0.05, 0) is 72.7 Å². The van der Waals surface area contributed by atoms with E-state index in [-0.39, 0.29) is 18.0 Å². The molecule has 4 N–H and O–H groups in total. The predicted octanol–water partition coefficient (Wildman–Crippen LogP) is 2.44. The van der Waals surface area contributed by atoms with E-state index in [2.05, 4.69) is 51.2 Å². The van der Waals surface area contributed by atoms with Gasteiger partial charge < -0.3 is 21.3 Å². The first-order chi connectivity index (χ1) is 14.2. The average Bonchev–Trinajstić information content (AvgIpc) is 3.50. The number of benzene rings is 1. The Hall–Kier alpha value is -1.89. The van der Waals surface area contributed by atoms with Gasteiger partial charge in [-0.1, -0.05) is 12.1 Å². The van der Waals surface area contributed by atoms with Crippen molar-refractivity contribution in [3.63, 3.8) is 0 Å². The molecule has 1 aromatic heterocycles. The first-order valence-corrected chi connectivity index (χ1v) is 11.7. The number of anilines is 1. The number of fused-ring (bicyclic) bond motifs is 3. The molecule has 1 amide bonds. The highest BCUT2D eigenvalue weighted by molar-refractivity contribution is 7.10. The fraction of sp³-hybridized carbons (Fsp3) is 0.522. The lowest BCUT2D eigenvalue weighted by molar-refractivity contribution is -0.124. The first-order valence-electron chi connectivity index (χ1n) is 10.8. The van der Waals surface area contributed by atoms with E-state index in [1.54, 1.807) is 0 Å². The minimum Gasteiger partial charge on any atom is -0.367 e. The Bertz CT molecular complexity index is 864. The van der Waals surface area contributed by atoms with Gasteiger partial charge in [0, 0.05) is 42.3 Å². The number of nitrogens with two attached hydrogens (primary N) is 1. The van der Waals surface area contributed by atoms with Crippen molar-refractivity contribution < 1.29 is 4.79 Å². The Morgan fingerprint density at radius 2 is 2.14 bits per heavy atom. The van der Waals surface area contributed by atoms with Crippen LogP contribution in [0.4, 0.5) is 5.69 Å². The molecule has 2 fully saturated rings. The van der Waals surface area contributed by atoms with E-state index >= 15 is 0 Å². The van der Waals surface area contributed by atoms with E-state index in [0.717, 1.165) is 32.4 Å². The zero-order valence-corrected chi connectivity index (χ0v) is 17.6. The molecule has 2 aromatic rings. The Kier molecular flexibility index (Phi) is 5.33. The fourth-order valence-corrected chi connectivity index (χ4v) is 6.12. The van der Waals surface area contributed by atoms with Gasteiger partial charge in [-0.2, -0.15) is 0 Å². The van der Waals surface area contributed by atoms with Crippen molar-refractivity contribution in [2.75, 3.05) is 18.0 Å². The number of hydrogen-bond acceptors (Lipinski definition) is 5. The lowest BCUT2D eigenvalue weighted by Gasteiger charge is -2.29. The number of carbonyl (C=O) groups excluding carboxylic acids is 1. The maximum absolute atomic E-state index is 12.7. The molecule has 154 valence electrons. The molecule has 3 heterocycles. The zero-order chi connectivity index (χ0) is 19.8. The van der Waals surface area contributed by atoms with Gasteiger partial charge in [0.1, 0.15) is 0 Å². The van der Waals surface area contributed by atoms with Crippen molar-refractivity contribution in [3.8, 4) is 0 Å².